The fourth-order valence-corrected chi connectivity index (χ4v) is 4.03. The minimum atomic E-state index is -1.18. The topological polar surface area (TPSA) is 114 Å². The van der Waals surface area contributed by atoms with Gasteiger partial charge in [-0.1, -0.05) is 24.3 Å². The molecule has 0 radical (unpaired) electrons. The van der Waals surface area contributed by atoms with Gasteiger partial charge in [0, 0.05) is 6.42 Å². The molecule has 1 saturated heterocycles. The van der Waals surface area contributed by atoms with E-state index in [2.05, 4.69) is 19.4 Å². The second-order valence-electron chi connectivity index (χ2n) is 7.13. The van der Waals surface area contributed by atoms with E-state index in [9.17, 15) is 14.4 Å². The molecule has 1 aromatic heterocycles. The second kappa shape index (κ2) is 7.71. The molecule has 2 aromatic carbocycles. The number of nitrogens with one attached hydrogen (secondary N) is 2. The zero-order valence-electron chi connectivity index (χ0n) is 16.3. The Morgan fingerprint density at radius 3 is 2.80 bits per heavy atom. The van der Waals surface area contributed by atoms with E-state index in [0.717, 1.165) is 22.2 Å². The number of benzene rings is 2. The summed E-state index contributed by atoms with van der Waals surface area (Å²) in [5, 5.41) is 5.41. The highest BCUT2D eigenvalue weighted by Crippen LogP contribution is 2.27. The van der Waals surface area contributed by atoms with Crippen LogP contribution >= 0.6 is 11.7 Å². The van der Waals surface area contributed by atoms with Crippen LogP contribution in [-0.2, 0) is 16.0 Å². The molecular weight excluding hydrogens is 406 g/mol. The van der Waals surface area contributed by atoms with Crippen molar-refractivity contribution in [3.05, 3.63) is 48.0 Å². The molecule has 1 aliphatic heterocycles. The number of hydrogen-bond donors (Lipinski definition) is 2. The van der Waals surface area contributed by atoms with Crippen molar-refractivity contribution in [3.63, 3.8) is 0 Å². The van der Waals surface area contributed by atoms with E-state index >= 15 is 0 Å². The smallest absolute Gasteiger partial charge is 0.325 e. The molecule has 1 fully saturated rings. The normalized spacial score (nSPS) is 18.5. The predicted molar refractivity (Wildman–Crippen MR) is 111 cm³/mol. The number of nitrogens with zero attached hydrogens (tertiary/aromatic N) is 3. The molecular formula is C20H19N5O4S. The number of aromatic nitrogens is 2. The monoisotopic (exact) mass is 425 g/mol. The summed E-state index contributed by atoms with van der Waals surface area (Å²) in [4.78, 5) is 38.9. The summed E-state index contributed by atoms with van der Waals surface area (Å²) in [5.41, 5.74) is 1.32. The average Bonchev–Trinajstić information content (AvgIpc) is 3.28. The van der Waals surface area contributed by atoms with Crippen molar-refractivity contribution >= 4 is 46.3 Å². The molecule has 2 heterocycles. The number of ether oxygens (including phenoxy) is 1. The first-order valence-electron chi connectivity index (χ1n) is 9.18. The lowest BCUT2D eigenvalue weighted by molar-refractivity contribution is -0.133. The molecule has 2 N–H and O–H groups in total. The third-order valence-corrected chi connectivity index (χ3v) is 5.49. The zero-order valence-corrected chi connectivity index (χ0v) is 17.2. The molecule has 1 aliphatic rings. The minimum absolute atomic E-state index is 0.240. The number of fused-ring (bicyclic) bond motifs is 1. The molecule has 0 unspecified atom stereocenters. The molecule has 0 bridgehead atoms. The number of hydrogen-bond acceptors (Lipinski definition) is 7. The number of rotatable bonds is 6. The molecule has 9 nitrogen and oxygen atoms in total. The van der Waals surface area contributed by atoms with Crippen molar-refractivity contribution < 1.29 is 19.1 Å². The molecule has 4 rings (SSSR count). The van der Waals surface area contributed by atoms with Gasteiger partial charge in [0.25, 0.3) is 5.91 Å². The van der Waals surface area contributed by atoms with Crippen molar-refractivity contribution in [1.29, 1.82) is 0 Å². The SMILES string of the molecule is COc1ccccc1C[C@@]1(C)NC(=O)N(CC(=O)Nc2cccc3nsnc23)C1=O. The summed E-state index contributed by atoms with van der Waals surface area (Å²) in [7, 11) is 1.55. The number of carbonyl (C=O) groups excluding carboxylic acids is 3. The third-order valence-electron chi connectivity index (χ3n) is 4.94. The highest BCUT2D eigenvalue weighted by molar-refractivity contribution is 7.00. The quantitative estimate of drug-likeness (QED) is 0.586. The molecule has 0 spiro atoms. The summed E-state index contributed by atoms with van der Waals surface area (Å²) in [5.74, 6) is -0.343. The van der Waals surface area contributed by atoms with Gasteiger partial charge in [-0.3, -0.25) is 14.5 Å². The number of methoxy groups -OCH3 is 1. The van der Waals surface area contributed by atoms with Gasteiger partial charge in [0.15, 0.2) is 0 Å². The van der Waals surface area contributed by atoms with Gasteiger partial charge < -0.3 is 15.4 Å². The summed E-state index contributed by atoms with van der Waals surface area (Å²) >= 11 is 1.04. The Kier molecular flexibility index (Phi) is 5.08. The second-order valence-corrected chi connectivity index (χ2v) is 7.66. The van der Waals surface area contributed by atoms with Crippen LogP contribution in [0.4, 0.5) is 10.5 Å². The van der Waals surface area contributed by atoms with Crippen LogP contribution in [0.15, 0.2) is 42.5 Å². The first-order valence-corrected chi connectivity index (χ1v) is 9.91. The first kappa shape index (κ1) is 19.8. The number of urea groups is 1. The standard InChI is InChI=1S/C20H19N5O4S/c1-20(10-12-6-3-4-9-15(12)29-2)18(27)25(19(28)22-20)11-16(26)21-13-7-5-8-14-17(13)24-30-23-14/h3-9H,10-11H2,1-2H3,(H,21,26)(H,22,28)/t20-/m1/s1. The van der Waals surface area contributed by atoms with Gasteiger partial charge in [-0.05, 0) is 30.7 Å². The van der Waals surface area contributed by atoms with Crippen LogP contribution in [0.5, 0.6) is 5.75 Å². The molecule has 0 aliphatic carbocycles. The van der Waals surface area contributed by atoms with Crippen molar-refractivity contribution in [2.24, 2.45) is 0 Å². The van der Waals surface area contributed by atoms with Gasteiger partial charge in [-0.2, -0.15) is 8.75 Å². The average molecular weight is 425 g/mol. The molecule has 3 aromatic rings. The lowest BCUT2D eigenvalue weighted by atomic mass is 9.92. The van der Waals surface area contributed by atoms with Gasteiger partial charge in [-0.25, -0.2) is 4.79 Å². The number of imide groups is 1. The molecule has 1 atom stereocenters. The number of amides is 4. The van der Waals surface area contributed by atoms with Crippen molar-refractivity contribution in [3.8, 4) is 5.75 Å². The van der Waals surface area contributed by atoms with Gasteiger partial charge >= 0.3 is 6.03 Å². The predicted octanol–water partition coefficient (Wildman–Crippen LogP) is 2.19. The van der Waals surface area contributed by atoms with Crippen molar-refractivity contribution in [2.75, 3.05) is 19.0 Å². The van der Waals surface area contributed by atoms with E-state index in [-0.39, 0.29) is 6.42 Å². The van der Waals surface area contributed by atoms with E-state index in [1.807, 2.05) is 18.2 Å². The fraction of sp³-hybridized carbons (Fsp3) is 0.250. The number of anilines is 1. The molecule has 4 amide bonds. The largest absolute Gasteiger partial charge is 0.496 e. The highest BCUT2D eigenvalue weighted by atomic mass is 32.1. The maximum Gasteiger partial charge on any atom is 0.325 e. The van der Waals surface area contributed by atoms with Crippen LogP contribution in [0.1, 0.15) is 12.5 Å². The van der Waals surface area contributed by atoms with Crippen LogP contribution in [0.25, 0.3) is 11.0 Å². The Balaban J connectivity index is 1.48. The van der Waals surface area contributed by atoms with Crippen LogP contribution in [0.3, 0.4) is 0 Å². The van der Waals surface area contributed by atoms with Gasteiger partial charge in [-0.15, -0.1) is 0 Å². The Labute approximate surface area is 176 Å². The first-order chi connectivity index (χ1) is 14.4. The Bertz CT molecular complexity index is 1150. The van der Waals surface area contributed by atoms with Crippen molar-refractivity contribution in [1.82, 2.24) is 19.0 Å². The van der Waals surface area contributed by atoms with E-state index < -0.39 is 29.9 Å². The highest BCUT2D eigenvalue weighted by Gasteiger charge is 2.48. The summed E-state index contributed by atoms with van der Waals surface area (Å²) in [6.45, 7) is 1.24. The summed E-state index contributed by atoms with van der Waals surface area (Å²) in [6.07, 6.45) is 0.240. The molecule has 10 heteroatoms. The maximum atomic E-state index is 13.0. The molecule has 30 heavy (non-hydrogen) atoms. The van der Waals surface area contributed by atoms with E-state index in [1.54, 1.807) is 38.3 Å². The van der Waals surface area contributed by atoms with E-state index in [1.165, 1.54) is 0 Å². The van der Waals surface area contributed by atoms with Gasteiger partial charge in [0.1, 0.15) is 28.9 Å². The lowest BCUT2D eigenvalue weighted by Crippen LogP contribution is -2.46. The molecule has 154 valence electrons. The van der Waals surface area contributed by atoms with E-state index in [0.29, 0.717) is 22.5 Å². The maximum absolute atomic E-state index is 13.0. The zero-order chi connectivity index (χ0) is 21.3. The van der Waals surface area contributed by atoms with Crippen LogP contribution in [0.2, 0.25) is 0 Å². The number of para-hydroxylation sites is 1. The van der Waals surface area contributed by atoms with Crippen LogP contribution in [-0.4, -0.2) is 50.7 Å². The Morgan fingerprint density at radius 1 is 1.20 bits per heavy atom. The Hall–Kier alpha value is -3.53. The van der Waals surface area contributed by atoms with Gasteiger partial charge in [0.05, 0.1) is 24.5 Å². The Morgan fingerprint density at radius 2 is 2.00 bits per heavy atom. The van der Waals surface area contributed by atoms with E-state index in [4.69, 9.17) is 4.74 Å². The fourth-order valence-electron chi connectivity index (χ4n) is 3.48. The summed E-state index contributed by atoms with van der Waals surface area (Å²) < 4.78 is 13.6. The minimum Gasteiger partial charge on any atom is -0.496 e. The third kappa shape index (κ3) is 3.57. The summed E-state index contributed by atoms with van der Waals surface area (Å²) in [6, 6.07) is 11.9. The number of carbonyl (C=O) groups is 3. The van der Waals surface area contributed by atoms with Crippen LogP contribution in [0, 0.1) is 0 Å². The molecule has 0 saturated carbocycles. The van der Waals surface area contributed by atoms with Crippen LogP contribution < -0.4 is 15.4 Å². The van der Waals surface area contributed by atoms with Gasteiger partial charge in [0.2, 0.25) is 5.91 Å². The lowest BCUT2D eigenvalue weighted by Gasteiger charge is -2.22. The van der Waals surface area contributed by atoms with Crippen molar-refractivity contribution in [2.45, 2.75) is 18.9 Å².